The number of aromatic hydroxyl groups is 1. The van der Waals surface area contributed by atoms with Crippen LogP contribution in [0.25, 0.3) is 10.8 Å². The average molecular weight is 400 g/mol. The van der Waals surface area contributed by atoms with Gasteiger partial charge in [-0.3, -0.25) is 14.6 Å². The number of nitrogens with zero attached hydrogens (tertiary/aromatic N) is 3. The summed E-state index contributed by atoms with van der Waals surface area (Å²) in [4.78, 5) is 32.7. The number of phenolic OH excluding ortho intramolecular Hbond substituents is 1. The summed E-state index contributed by atoms with van der Waals surface area (Å²) in [5, 5.41) is 15.5. The van der Waals surface area contributed by atoms with Crippen LogP contribution >= 0.6 is 0 Å². The zero-order valence-electron chi connectivity index (χ0n) is 16.2. The molecule has 150 valence electrons. The number of pyridine rings is 1. The Balaban J connectivity index is 1.45. The van der Waals surface area contributed by atoms with E-state index in [0.29, 0.717) is 36.6 Å². The first kappa shape index (κ1) is 18.2. The van der Waals surface area contributed by atoms with Crippen molar-refractivity contribution in [1.82, 2.24) is 14.8 Å². The normalized spacial score (nSPS) is 15.8. The number of nitrogens with one attached hydrogen (secondary N) is 1. The van der Waals surface area contributed by atoms with E-state index in [9.17, 15) is 14.7 Å². The molecule has 0 spiro atoms. The van der Waals surface area contributed by atoms with E-state index >= 15 is 0 Å². The minimum atomic E-state index is -0.120. The molecule has 7 heteroatoms. The lowest BCUT2D eigenvalue weighted by Crippen LogP contribution is -2.60. The summed E-state index contributed by atoms with van der Waals surface area (Å²) in [5.41, 5.74) is 2.50. The Morgan fingerprint density at radius 3 is 2.80 bits per heavy atom. The first-order valence-corrected chi connectivity index (χ1v) is 9.73. The van der Waals surface area contributed by atoms with Crippen LogP contribution in [-0.4, -0.2) is 50.8 Å². The van der Waals surface area contributed by atoms with Gasteiger partial charge in [-0.15, -0.1) is 0 Å². The van der Waals surface area contributed by atoms with Crippen LogP contribution in [0.4, 0.5) is 11.4 Å². The Labute approximate surface area is 173 Å². The van der Waals surface area contributed by atoms with Crippen molar-refractivity contribution >= 4 is 34.0 Å². The highest BCUT2D eigenvalue weighted by atomic mass is 16.3. The summed E-state index contributed by atoms with van der Waals surface area (Å²) in [6.07, 6.45) is 4.60. The summed E-state index contributed by atoms with van der Waals surface area (Å²) >= 11 is 0. The standard InChI is InChI=1S/C23H20N4O3/c1-2-20(29)26-12-16(13-26)27-11-15-9-24-10-18(21(15)23(27)30)25-22-17-6-4-3-5-14(17)7-8-19(22)28/h2-10,16,25,28H,1,11-13H2. The highest BCUT2D eigenvalue weighted by Gasteiger charge is 2.41. The Kier molecular flexibility index (Phi) is 4.17. The van der Waals surface area contributed by atoms with E-state index in [4.69, 9.17) is 0 Å². The quantitative estimate of drug-likeness (QED) is 0.519. The summed E-state index contributed by atoms with van der Waals surface area (Å²) in [6.45, 7) is 4.97. The van der Waals surface area contributed by atoms with Gasteiger partial charge in [0.25, 0.3) is 5.91 Å². The number of anilines is 2. The van der Waals surface area contributed by atoms with Crippen LogP contribution in [0.3, 0.4) is 0 Å². The van der Waals surface area contributed by atoms with Crippen LogP contribution in [0.5, 0.6) is 5.75 Å². The van der Waals surface area contributed by atoms with Crippen LogP contribution in [0.1, 0.15) is 15.9 Å². The minimum absolute atomic E-state index is 0.0207. The third-order valence-corrected chi connectivity index (χ3v) is 5.80. The van der Waals surface area contributed by atoms with E-state index in [1.807, 2.05) is 30.3 Å². The lowest BCUT2D eigenvalue weighted by molar-refractivity contribution is -0.132. The van der Waals surface area contributed by atoms with Gasteiger partial charge in [0.15, 0.2) is 0 Å². The molecule has 5 rings (SSSR count). The smallest absolute Gasteiger partial charge is 0.257 e. The van der Waals surface area contributed by atoms with E-state index in [1.54, 1.807) is 28.3 Å². The molecule has 0 atom stereocenters. The summed E-state index contributed by atoms with van der Waals surface area (Å²) in [5.74, 6) is -0.109. The molecule has 7 nitrogen and oxygen atoms in total. The van der Waals surface area contributed by atoms with Crippen molar-refractivity contribution in [3.05, 3.63) is 72.6 Å². The second-order valence-electron chi connectivity index (χ2n) is 7.56. The Hall–Kier alpha value is -3.87. The van der Waals surface area contributed by atoms with E-state index in [0.717, 1.165) is 16.3 Å². The first-order valence-electron chi connectivity index (χ1n) is 9.73. The minimum Gasteiger partial charge on any atom is -0.506 e. The SMILES string of the molecule is C=CC(=O)N1CC(N2Cc3cncc(Nc4c(O)ccc5ccccc45)c3C2=O)C1. The fourth-order valence-corrected chi connectivity index (χ4v) is 4.15. The van der Waals surface area contributed by atoms with Gasteiger partial charge in [-0.2, -0.15) is 0 Å². The van der Waals surface area contributed by atoms with Gasteiger partial charge >= 0.3 is 0 Å². The highest BCUT2D eigenvalue weighted by Crippen LogP contribution is 2.38. The van der Waals surface area contributed by atoms with Gasteiger partial charge in [0, 0.05) is 36.8 Å². The maximum atomic E-state index is 13.2. The zero-order valence-corrected chi connectivity index (χ0v) is 16.2. The number of hydrogen-bond donors (Lipinski definition) is 2. The van der Waals surface area contributed by atoms with Crippen LogP contribution in [0.2, 0.25) is 0 Å². The van der Waals surface area contributed by atoms with Gasteiger partial charge in [0.05, 0.1) is 29.2 Å². The van der Waals surface area contributed by atoms with E-state index in [2.05, 4.69) is 16.9 Å². The first-order chi connectivity index (χ1) is 14.6. The number of aromatic nitrogens is 1. The molecule has 2 aromatic carbocycles. The second-order valence-corrected chi connectivity index (χ2v) is 7.56. The van der Waals surface area contributed by atoms with Crippen LogP contribution in [0.15, 0.2) is 61.4 Å². The predicted octanol–water partition coefficient (Wildman–Crippen LogP) is 3.04. The molecule has 0 radical (unpaired) electrons. The maximum absolute atomic E-state index is 13.2. The van der Waals surface area contributed by atoms with Gasteiger partial charge in [-0.25, -0.2) is 0 Å². The number of amides is 2. The molecule has 1 aromatic heterocycles. The van der Waals surface area contributed by atoms with Crippen molar-refractivity contribution < 1.29 is 14.7 Å². The van der Waals surface area contributed by atoms with Crippen LogP contribution in [0, 0.1) is 0 Å². The zero-order chi connectivity index (χ0) is 20.8. The molecule has 1 saturated heterocycles. The van der Waals surface area contributed by atoms with Crippen molar-refractivity contribution in [3.8, 4) is 5.75 Å². The number of benzene rings is 2. The van der Waals surface area contributed by atoms with Crippen molar-refractivity contribution in [1.29, 1.82) is 0 Å². The predicted molar refractivity (Wildman–Crippen MR) is 114 cm³/mol. The molecule has 3 aromatic rings. The molecular formula is C23H20N4O3. The summed E-state index contributed by atoms with van der Waals surface area (Å²) in [7, 11) is 0. The van der Waals surface area contributed by atoms with Gasteiger partial charge in [-0.1, -0.05) is 36.9 Å². The van der Waals surface area contributed by atoms with Crippen LogP contribution < -0.4 is 5.32 Å². The second kappa shape index (κ2) is 6.88. The molecule has 3 heterocycles. The topological polar surface area (TPSA) is 85.8 Å². The molecule has 2 aliphatic rings. The van der Waals surface area contributed by atoms with E-state index in [-0.39, 0.29) is 23.6 Å². The summed E-state index contributed by atoms with van der Waals surface area (Å²) in [6, 6.07) is 11.2. The number of fused-ring (bicyclic) bond motifs is 2. The van der Waals surface area contributed by atoms with Crippen molar-refractivity contribution in [3.63, 3.8) is 0 Å². The Bertz CT molecular complexity index is 1200. The maximum Gasteiger partial charge on any atom is 0.257 e. The third-order valence-electron chi connectivity index (χ3n) is 5.80. The van der Waals surface area contributed by atoms with Crippen LogP contribution in [-0.2, 0) is 11.3 Å². The number of carbonyl (C=O) groups is 2. The number of hydrogen-bond acceptors (Lipinski definition) is 5. The Morgan fingerprint density at radius 1 is 1.20 bits per heavy atom. The van der Waals surface area contributed by atoms with Gasteiger partial charge in [0.1, 0.15) is 5.75 Å². The van der Waals surface area contributed by atoms with E-state index < -0.39 is 0 Å². The fourth-order valence-electron chi connectivity index (χ4n) is 4.15. The monoisotopic (exact) mass is 400 g/mol. The molecule has 30 heavy (non-hydrogen) atoms. The molecule has 0 bridgehead atoms. The van der Waals surface area contributed by atoms with Crippen molar-refractivity contribution in [2.45, 2.75) is 12.6 Å². The lowest BCUT2D eigenvalue weighted by Gasteiger charge is -2.43. The number of rotatable bonds is 4. The van der Waals surface area contributed by atoms with Crippen molar-refractivity contribution in [2.24, 2.45) is 0 Å². The Morgan fingerprint density at radius 2 is 2.00 bits per heavy atom. The van der Waals surface area contributed by atoms with Gasteiger partial charge < -0.3 is 20.2 Å². The molecule has 2 amide bonds. The van der Waals surface area contributed by atoms with E-state index in [1.165, 1.54) is 6.08 Å². The number of carbonyl (C=O) groups excluding carboxylic acids is 2. The molecular weight excluding hydrogens is 380 g/mol. The molecule has 2 N–H and O–H groups in total. The molecule has 0 aliphatic carbocycles. The summed E-state index contributed by atoms with van der Waals surface area (Å²) < 4.78 is 0. The molecule has 0 unspecified atom stereocenters. The van der Waals surface area contributed by atoms with Crippen molar-refractivity contribution in [2.75, 3.05) is 18.4 Å². The number of likely N-dealkylation sites (tertiary alicyclic amines) is 1. The average Bonchev–Trinajstić information content (AvgIpc) is 3.06. The molecule has 2 aliphatic heterocycles. The fraction of sp³-hybridized carbons (Fsp3) is 0.174. The highest BCUT2D eigenvalue weighted by molar-refractivity contribution is 6.06. The molecule has 1 fully saturated rings. The number of phenols is 1. The lowest BCUT2D eigenvalue weighted by atomic mass is 10.1. The van der Waals surface area contributed by atoms with Gasteiger partial charge in [-0.05, 0) is 17.5 Å². The third kappa shape index (κ3) is 2.78. The largest absolute Gasteiger partial charge is 0.506 e. The van der Waals surface area contributed by atoms with Gasteiger partial charge in [0.2, 0.25) is 5.91 Å². The molecule has 0 saturated carbocycles.